The van der Waals surface area contributed by atoms with E-state index < -0.39 is 17.3 Å². The van der Waals surface area contributed by atoms with E-state index in [1.54, 1.807) is 6.92 Å². The Hall–Kier alpha value is -1.84. The number of amides is 1. The first-order valence-corrected chi connectivity index (χ1v) is 6.80. The Morgan fingerprint density at radius 3 is 2.20 bits per heavy atom. The molecule has 1 aromatic carbocycles. The van der Waals surface area contributed by atoms with Crippen LogP contribution < -0.4 is 5.32 Å². The molecular weight excluding hydrogens is 254 g/mol. The Morgan fingerprint density at radius 2 is 1.75 bits per heavy atom. The van der Waals surface area contributed by atoms with E-state index in [9.17, 15) is 9.59 Å². The van der Waals surface area contributed by atoms with Gasteiger partial charge in [-0.2, -0.15) is 0 Å². The molecule has 110 valence electrons. The fourth-order valence-corrected chi connectivity index (χ4v) is 1.93. The van der Waals surface area contributed by atoms with Gasteiger partial charge in [-0.15, -0.1) is 0 Å². The quantitative estimate of drug-likeness (QED) is 0.679. The molecule has 4 nitrogen and oxygen atoms in total. The van der Waals surface area contributed by atoms with Gasteiger partial charge in [0.1, 0.15) is 5.92 Å². The van der Waals surface area contributed by atoms with Crippen molar-refractivity contribution in [1.82, 2.24) is 0 Å². The highest BCUT2D eigenvalue weighted by molar-refractivity contribution is 6.05. The zero-order valence-corrected chi connectivity index (χ0v) is 12.8. The van der Waals surface area contributed by atoms with E-state index >= 15 is 0 Å². The first-order valence-electron chi connectivity index (χ1n) is 6.80. The van der Waals surface area contributed by atoms with E-state index in [0.717, 1.165) is 5.56 Å². The van der Waals surface area contributed by atoms with E-state index in [1.165, 1.54) is 0 Å². The van der Waals surface area contributed by atoms with Gasteiger partial charge in [-0.25, -0.2) is 0 Å². The van der Waals surface area contributed by atoms with Gasteiger partial charge in [0, 0.05) is 5.69 Å². The molecule has 0 bridgehead atoms. The van der Waals surface area contributed by atoms with E-state index in [4.69, 9.17) is 4.74 Å². The molecule has 1 atom stereocenters. The summed E-state index contributed by atoms with van der Waals surface area (Å²) in [5, 5.41) is 2.78. The topological polar surface area (TPSA) is 55.4 Å². The van der Waals surface area contributed by atoms with Gasteiger partial charge in [0.25, 0.3) is 0 Å². The van der Waals surface area contributed by atoms with Crippen LogP contribution in [-0.4, -0.2) is 18.5 Å². The van der Waals surface area contributed by atoms with Crippen LogP contribution in [0.4, 0.5) is 5.69 Å². The largest absolute Gasteiger partial charge is 0.465 e. The van der Waals surface area contributed by atoms with E-state index in [1.807, 2.05) is 52.0 Å². The lowest BCUT2D eigenvalue weighted by Gasteiger charge is -2.27. The highest BCUT2D eigenvalue weighted by atomic mass is 16.5. The van der Waals surface area contributed by atoms with Crippen LogP contribution in [-0.2, 0) is 14.3 Å². The second kappa shape index (κ2) is 6.55. The molecule has 0 radical (unpaired) electrons. The number of hydrogen-bond acceptors (Lipinski definition) is 3. The summed E-state index contributed by atoms with van der Waals surface area (Å²) in [5.41, 5.74) is 1.29. The van der Waals surface area contributed by atoms with Crippen LogP contribution in [0, 0.1) is 18.3 Å². The molecule has 20 heavy (non-hydrogen) atoms. The molecule has 1 aromatic rings. The van der Waals surface area contributed by atoms with Gasteiger partial charge in [-0.1, -0.05) is 38.5 Å². The number of hydrogen-bond donors (Lipinski definition) is 1. The average Bonchev–Trinajstić information content (AvgIpc) is 2.30. The van der Waals surface area contributed by atoms with E-state index in [2.05, 4.69) is 5.32 Å². The van der Waals surface area contributed by atoms with Crippen molar-refractivity contribution >= 4 is 17.6 Å². The summed E-state index contributed by atoms with van der Waals surface area (Å²) in [5.74, 6) is -1.65. The van der Waals surface area contributed by atoms with Crippen molar-refractivity contribution in [2.45, 2.75) is 34.6 Å². The SMILES string of the molecule is CCOC(=O)C(C(=O)Nc1ccc(C)cc1)C(C)(C)C. The van der Waals surface area contributed by atoms with E-state index in [-0.39, 0.29) is 12.5 Å². The Morgan fingerprint density at radius 1 is 1.20 bits per heavy atom. The second-order valence-corrected chi connectivity index (χ2v) is 5.91. The monoisotopic (exact) mass is 277 g/mol. The molecule has 0 heterocycles. The van der Waals surface area contributed by atoms with Gasteiger partial charge < -0.3 is 10.1 Å². The predicted octanol–water partition coefficient (Wildman–Crippen LogP) is 3.16. The summed E-state index contributed by atoms with van der Waals surface area (Å²) in [6.07, 6.45) is 0. The number of aryl methyl sites for hydroxylation is 1. The maximum absolute atomic E-state index is 12.3. The zero-order chi connectivity index (χ0) is 15.3. The minimum absolute atomic E-state index is 0.267. The highest BCUT2D eigenvalue weighted by Crippen LogP contribution is 2.28. The minimum Gasteiger partial charge on any atom is -0.465 e. The molecule has 0 spiro atoms. The van der Waals surface area contributed by atoms with Gasteiger partial charge in [0.15, 0.2) is 0 Å². The third-order valence-corrected chi connectivity index (χ3v) is 2.97. The minimum atomic E-state index is -0.830. The maximum atomic E-state index is 12.3. The molecule has 0 aliphatic carbocycles. The Kier molecular flexibility index (Phi) is 5.31. The fourth-order valence-electron chi connectivity index (χ4n) is 1.93. The van der Waals surface area contributed by atoms with Crippen LogP contribution in [0.15, 0.2) is 24.3 Å². The molecule has 4 heteroatoms. The molecule has 0 saturated heterocycles. The first kappa shape index (κ1) is 16.2. The number of carbonyl (C=O) groups excluding carboxylic acids is 2. The van der Waals surface area contributed by atoms with Crippen LogP contribution in [0.1, 0.15) is 33.3 Å². The lowest BCUT2D eigenvalue weighted by atomic mass is 9.80. The number of anilines is 1. The average molecular weight is 277 g/mol. The molecule has 1 amide bonds. The van der Waals surface area contributed by atoms with Crippen molar-refractivity contribution in [3.63, 3.8) is 0 Å². The van der Waals surface area contributed by atoms with Gasteiger partial charge in [0.05, 0.1) is 6.61 Å². The third-order valence-electron chi connectivity index (χ3n) is 2.97. The van der Waals surface area contributed by atoms with Crippen LogP contribution >= 0.6 is 0 Å². The van der Waals surface area contributed by atoms with Crippen LogP contribution in [0.25, 0.3) is 0 Å². The molecule has 0 saturated carbocycles. The predicted molar refractivity (Wildman–Crippen MR) is 79.4 cm³/mol. The molecule has 0 aliphatic rings. The lowest BCUT2D eigenvalue weighted by molar-refractivity contribution is -0.155. The first-order chi connectivity index (χ1) is 9.25. The summed E-state index contributed by atoms with van der Waals surface area (Å²) in [6, 6.07) is 7.45. The molecule has 0 aliphatic heterocycles. The smallest absolute Gasteiger partial charge is 0.319 e. The summed E-state index contributed by atoms with van der Waals surface area (Å²) in [6.45, 7) is 9.52. The zero-order valence-electron chi connectivity index (χ0n) is 12.8. The van der Waals surface area contributed by atoms with Gasteiger partial charge >= 0.3 is 5.97 Å². The summed E-state index contributed by atoms with van der Waals surface area (Å²) < 4.78 is 5.01. The van der Waals surface area contributed by atoms with E-state index in [0.29, 0.717) is 5.69 Å². The van der Waals surface area contributed by atoms with Crippen molar-refractivity contribution in [3.8, 4) is 0 Å². The Balaban J connectivity index is 2.88. The van der Waals surface area contributed by atoms with Crippen LogP contribution in [0.3, 0.4) is 0 Å². The highest BCUT2D eigenvalue weighted by Gasteiger charge is 2.38. The van der Waals surface area contributed by atoms with Crippen LogP contribution in [0.5, 0.6) is 0 Å². The summed E-state index contributed by atoms with van der Waals surface area (Å²) in [7, 11) is 0. The van der Waals surface area contributed by atoms with Crippen molar-refractivity contribution in [2.24, 2.45) is 11.3 Å². The Labute approximate surface area is 120 Å². The van der Waals surface area contributed by atoms with Crippen molar-refractivity contribution in [3.05, 3.63) is 29.8 Å². The van der Waals surface area contributed by atoms with Gasteiger partial charge in [0.2, 0.25) is 5.91 Å². The number of benzene rings is 1. The summed E-state index contributed by atoms with van der Waals surface area (Å²) >= 11 is 0. The van der Waals surface area contributed by atoms with Crippen molar-refractivity contribution in [1.29, 1.82) is 0 Å². The maximum Gasteiger partial charge on any atom is 0.319 e. The number of rotatable bonds is 4. The summed E-state index contributed by atoms with van der Waals surface area (Å²) in [4.78, 5) is 24.3. The molecule has 1 rings (SSSR count). The second-order valence-electron chi connectivity index (χ2n) is 5.91. The number of esters is 1. The van der Waals surface area contributed by atoms with Crippen molar-refractivity contribution in [2.75, 3.05) is 11.9 Å². The van der Waals surface area contributed by atoms with Crippen LogP contribution in [0.2, 0.25) is 0 Å². The van der Waals surface area contributed by atoms with Gasteiger partial charge in [-0.3, -0.25) is 9.59 Å². The molecular formula is C16H23NO3. The molecule has 1 N–H and O–H groups in total. The molecule has 0 fully saturated rings. The third kappa shape index (κ3) is 4.37. The molecule has 0 aromatic heterocycles. The fraction of sp³-hybridized carbons (Fsp3) is 0.500. The number of ether oxygens (including phenoxy) is 1. The van der Waals surface area contributed by atoms with Gasteiger partial charge in [-0.05, 0) is 31.4 Å². The Bertz CT molecular complexity index is 471. The number of nitrogens with one attached hydrogen (secondary N) is 1. The molecule has 1 unspecified atom stereocenters. The normalized spacial score (nSPS) is 12.7. The lowest BCUT2D eigenvalue weighted by Crippen LogP contribution is -2.40. The number of carbonyl (C=O) groups is 2. The van der Waals surface area contributed by atoms with Crippen molar-refractivity contribution < 1.29 is 14.3 Å². The standard InChI is InChI=1S/C16H23NO3/c1-6-20-15(19)13(16(3,4)5)14(18)17-12-9-7-11(2)8-10-12/h7-10,13H,6H2,1-5H3,(H,17,18).